The molecule has 1 aliphatic rings. The van der Waals surface area contributed by atoms with E-state index in [1.165, 1.54) is 0 Å². The Labute approximate surface area is 111 Å². The van der Waals surface area contributed by atoms with Gasteiger partial charge in [0.25, 0.3) is 0 Å². The number of hydrogen-bond acceptors (Lipinski definition) is 4. The predicted octanol–water partition coefficient (Wildman–Crippen LogP) is 1.79. The lowest BCUT2D eigenvalue weighted by Crippen LogP contribution is -2.24. The van der Waals surface area contributed by atoms with Crippen LogP contribution in [0.4, 0.5) is 5.69 Å². The Bertz CT molecular complexity index is 451. The maximum Gasteiger partial charge on any atom is 0.310 e. The Morgan fingerprint density at radius 3 is 3.00 bits per heavy atom. The van der Waals surface area contributed by atoms with E-state index in [1.807, 2.05) is 19.1 Å². The lowest BCUT2D eigenvalue weighted by Gasteiger charge is -2.18. The molecular formula is C13H17ClN2O2. The molecule has 1 aromatic rings. The number of ether oxygens (including phenoxy) is 1. The Hall–Kier alpha value is -1.26. The van der Waals surface area contributed by atoms with Crippen molar-refractivity contribution in [1.29, 1.82) is 0 Å². The number of nitrogens with one attached hydrogen (secondary N) is 1. The molecule has 1 fully saturated rings. The number of carbonyl (C=O) groups excluding carboxylic acids is 1. The summed E-state index contributed by atoms with van der Waals surface area (Å²) < 4.78 is 5.10. The van der Waals surface area contributed by atoms with Crippen LogP contribution in [-0.2, 0) is 9.53 Å². The Kier molecular flexibility index (Phi) is 4.09. The van der Waals surface area contributed by atoms with Crippen LogP contribution in [0.2, 0.25) is 5.02 Å². The van der Waals surface area contributed by atoms with E-state index in [1.54, 1.807) is 6.07 Å². The van der Waals surface area contributed by atoms with E-state index < -0.39 is 0 Å². The van der Waals surface area contributed by atoms with Crippen LogP contribution in [0.5, 0.6) is 0 Å². The molecule has 0 unspecified atom stereocenters. The zero-order chi connectivity index (χ0) is 13.1. The number of esters is 1. The first kappa shape index (κ1) is 13.2. The van der Waals surface area contributed by atoms with Gasteiger partial charge < -0.3 is 15.8 Å². The van der Waals surface area contributed by atoms with E-state index in [2.05, 4.69) is 5.32 Å². The first-order chi connectivity index (χ1) is 8.63. The minimum atomic E-state index is -0.152. The van der Waals surface area contributed by atoms with Gasteiger partial charge in [-0.3, -0.25) is 4.79 Å². The summed E-state index contributed by atoms with van der Waals surface area (Å²) in [6.45, 7) is 3.62. The third-order valence-corrected chi connectivity index (χ3v) is 3.60. The van der Waals surface area contributed by atoms with E-state index in [0.29, 0.717) is 23.9 Å². The molecule has 2 rings (SSSR count). The molecule has 4 nitrogen and oxygen atoms in total. The summed E-state index contributed by atoms with van der Waals surface area (Å²) in [6.07, 6.45) is 0. The quantitative estimate of drug-likeness (QED) is 0.648. The van der Waals surface area contributed by atoms with Crippen molar-refractivity contribution in [3.63, 3.8) is 0 Å². The predicted molar refractivity (Wildman–Crippen MR) is 71.6 cm³/mol. The number of benzene rings is 1. The van der Waals surface area contributed by atoms with E-state index in [-0.39, 0.29) is 17.8 Å². The lowest BCUT2D eigenvalue weighted by atomic mass is 9.89. The molecule has 0 aliphatic carbocycles. The normalized spacial score (nSPS) is 23.0. The van der Waals surface area contributed by atoms with Crippen molar-refractivity contribution in [2.45, 2.75) is 12.8 Å². The fourth-order valence-corrected chi connectivity index (χ4v) is 2.44. The molecule has 1 aliphatic heterocycles. The minimum absolute atomic E-state index is 0.101. The van der Waals surface area contributed by atoms with Gasteiger partial charge in [0.1, 0.15) is 0 Å². The molecule has 0 saturated carbocycles. The number of halogens is 1. The van der Waals surface area contributed by atoms with E-state index in [9.17, 15) is 4.79 Å². The fourth-order valence-electron chi connectivity index (χ4n) is 2.32. The second-order valence-electron chi connectivity index (χ2n) is 4.40. The van der Waals surface area contributed by atoms with Gasteiger partial charge in [0.05, 0.1) is 23.2 Å². The highest BCUT2D eigenvalue weighted by Crippen LogP contribution is 2.32. The topological polar surface area (TPSA) is 64.3 Å². The Morgan fingerprint density at radius 2 is 2.33 bits per heavy atom. The van der Waals surface area contributed by atoms with Crippen molar-refractivity contribution < 1.29 is 9.53 Å². The monoisotopic (exact) mass is 268 g/mol. The van der Waals surface area contributed by atoms with Crippen LogP contribution in [0, 0.1) is 5.92 Å². The third-order valence-electron chi connectivity index (χ3n) is 3.25. The average molecular weight is 269 g/mol. The van der Waals surface area contributed by atoms with Gasteiger partial charge >= 0.3 is 5.97 Å². The number of nitrogen functional groups attached to an aromatic ring is 1. The largest absolute Gasteiger partial charge is 0.466 e. The van der Waals surface area contributed by atoms with Gasteiger partial charge in [-0.15, -0.1) is 0 Å². The number of anilines is 1. The highest BCUT2D eigenvalue weighted by atomic mass is 35.5. The molecule has 0 radical (unpaired) electrons. The molecule has 1 saturated heterocycles. The molecule has 1 aromatic carbocycles. The van der Waals surface area contributed by atoms with Gasteiger partial charge in [-0.1, -0.05) is 17.7 Å². The van der Waals surface area contributed by atoms with Crippen molar-refractivity contribution in [2.75, 3.05) is 25.4 Å². The molecule has 3 N–H and O–H groups in total. The van der Waals surface area contributed by atoms with Crippen LogP contribution in [0.15, 0.2) is 18.2 Å². The SMILES string of the molecule is CCOC(=O)[C@@H]1CNC[C@H]1c1ccc(Cl)c(N)c1. The Morgan fingerprint density at radius 1 is 1.56 bits per heavy atom. The van der Waals surface area contributed by atoms with E-state index in [0.717, 1.165) is 12.1 Å². The standard InChI is InChI=1S/C13H17ClN2O2/c1-2-18-13(17)10-7-16-6-9(10)8-3-4-11(14)12(15)5-8/h3-5,9-10,16H,2,6-7,15H2,1H3/t9-,10+/m0/s1. The van der Waals surface area contributed by atoms with Crippen LogP contribution >= 0.6 is 11.6 Å². The summed E-state index contributed by atoms with van der Waals surface area (Å²) >= 11 is 5.90. The van der Waals surface area contributed by atoms with Gasteiger partial charge in [0.2, 0.25) is 0 Å². The minimum Gasteiger partial charge on any atom is -0.466 e. The summed E-state index contributed by atoms with van der Waals surface area (Å²) in [7, 11) is 0. The third kappa shape index (κ3) is 2.60. The van der Waals surface area contributed by atoms with Crippen molar-refractivity contribution >= 4 is 23.3 Å². The van der Waals surface area contributed by atoms with Crippen LogP contribution in [0.1, 0.15) is 18.4 Å². The smallest absolute Gasteiger partial charge is 0.310 e. The molecule has 5 heteroatoms. The Balaban J connectivity index is 2.20. The van der Waals surface area contributed by atoms with Gasteiger partial charge in [0.15, 0.2) is 0 Å². The van der Waals surface area contributed by atoms with Gasteiger partial charge in [0, 0.05) is 19.0 Å². The van der Waals surface area contributed by atoms with Crippen molar-refractivity contribution in [1.82, 2.24) is 5.32 Å². The summed E-state index contributed by atoms with van der Waals surface area (Å²) in [5.74, 6) is -0.199. The van der Waals surface area contributed by atoms with Crippen LogP contribution in [0.3, 0.4) is 0 Å². The molecule has 98 valence electrons. The van der Waals surface area contributed by atoms with Gasteiger partial charge in [-0.25, -0.2) is 0 Å². The molecule has 0 bridgehead atoms. The maximum absolute atomic E-state index is 11.9. The number of hydrogen-bond donors (Lipinski definition) is 2. The van der Waals surface area contributed by atoms with Gasteiger partial charge in [-0.05, 0) is 24.6 Å². The highest BCUT2D eigenvalue weighted by Gasteiger charge is 2.35. The summed E-state index contributed by atoms with van der Waals surface area (Å²) in [5.41, 5.74) is 7.37. The van der Waals surface area contributed by atoms with Crippen LogP contribution in [-0.4, -0.2) is 25.7 Å². The highest BCUT2D eigenvalue weighted by molar-refractivity contribution is 6.33. The molecule has 1 heterocycles. The molecule has 0 aromatic heterocycles. The number of rotatable bonds is 3. The van der Waals surface area contributed by atoms with Crippen molar-refractivity contribution in [3.8, 4) is 0 Å². The molecular weight excluding hydrogens is 252 g/mol. The molecule has 18 heavy (non-hydrogen) atoms. The molecule has 2 atom stereocenters. The van der Waals surface area contributed by atoms with Crippen LogP contribution < -0.4 is 11.1 Å². The average Bonchev–Trinajstić information content (AvgIpc) is 2.82. The summed E-state index contributed by atoms with van der Waals surface area (Å²) in [4.78, 5) is 11.9. The van der Waals surface area contributed by atoms with E-state index in [4.69, 9.17) is 22.1 Å². The molecule has 0 spiro atoms. The number of nitrogens with two attached hydrogens (primary N) is 1. The zero-order valence-electron chi connectivity index (χ0n) is 10.3. The first-order valence-corrected chi connectivity index (χ1v) is 6.43. The van der Waals surface area contributed by atoms with E-state index >= 15 is 0 Å². The molecule has 0 amide bonds. The zero-order valence-corrected chi connectivity index (χ0v) is 11.0. The van der Waals surface area contributed by atoms with Gasteiger partial charge in [-0.2, -0.15) is 0 Å². The summed E-state index contributed by atoms with van der Waals surface area (Å²) in [6, 6.07) is 5.53. The van der Waals surface area contributed by atoms with Crippen LogP contribution in [0.25, 0.3) is 0 Å². The van der Waals surface area contributed by atoms with Crippen molar-refractivity contribution in [2.24, 2.45) is 5.92 Å². The summed E-state index contributed by atoms with van der Waals surface area (Å²) in [5, 5.41) is 3.76. The fraction of sp³-hybridized carbons (Fsp3) is 0.462. The van der Waals surface area contributed by atoms with Crippen molar-refractivity contribution in [3.05, 3.63) is 28.8 Å². The number of carbonyl (C=O) groups is 1. The first-order valence-electron chi connectivity index (χ1n) is 6.05. The second kappa shape index (κ2) is 5.59. The lowest BCUT2D eigenvalue weighted by molar-refractivity contribution is -0.147. The second-order valence-corrected chi connectivity index (χ2v) is 4.81. The maximum atomic E-state index is 11.9.